The smallest absolute Gasteiger partial charge is 0.317 e. The monoisotopic (exact) mass is 326 g/mol. The van der Waals surface area contributed by atoms with E-state index in [1.807, 2.05) is 18.2 Å². The fraction of sp³-hybridized carbons (Fsp3) is 0.500. The third-order valence-corrected chi connectivity index (χ3v) is 4.68. The zero-order chi connectivity index (χ0) is 16.4. The van der Waals surface area contributed by atoms with Crippen molar-refractivity contribution in [1.82, 2.24) is 20.4 Å². The Morgan fingerprint density at radius 2 is 2.00 bits per heavy atom. The van der Waals surface area contributed by atoms with Crippen molar-refractivity contribution in [3.8, 4) is 0 Å². The largest absolute Gasteiger partial charge is 0.339 e. The van der Waals surface area contributed by atoms with Gasteiger partial charge in [-0.1, -0.05) is 35.5 Å². The number of aromatic nitrogens is 2. The minimum absolute atomic E-state index is 0.00115. The van der Waals surface area contributed by atoms with Crippen LogP contribution in [0.25, 0.3) is 0 Å². The highest BCUT2D eigenvalue weighted by molar-refractivity contribution is 5.75. The van der Waals surface area contributed by atoms with Crippen LogP contribution in [0.5, 0.6) is 0 Å². The molecule has 0 bridgehead atoms. The summed E-state index contributed by atoms with van der Waals surface area (Å²) >= 11 is 0. The molecule has 6 heteroatoms. The lowest BCUT2D eigenvalue weighted by atomic mass is 10.0. The summed E-state index contributed by atoms with van der Waals surface area (Å²) in [7, 11) is 0. The van der Waals surface area contributed by atoms with E-state index in [-0.39, 0.29) is 11.9 Å². The van der Waals surface area contributed by atoms with Gasteiger partial charge in [0, 0.05) is 25.6 Å². The van der Waals surface area contributed by atoms with Crippen LogP contribution in [-0.4, -0.2) is 40.7 Å². The topological polar surface area (TPSA) is 71.3 Å². The van der Waals surface area contributed by atoms with Gasteiger partial charge < -0.3 is 14.7 Å². The third kappa shape index (κ3) is 3.42. The molecule has 126 valence electrons. The van der Waals surface area contributed by atoms with Gasteiger partial charge in [-0.15, -0.1) is 0 Å². The molecule has 1 aliphatic heterocycles. The van der Waals surface area contributed by atoms with E-state index >= 15 is 0 Å². The fourth-order valence-corrected chi connectivity index (χ4v) is 2.97. The summed E-state index contributed by atoms with van der Waals surface area (Å²) in [4.78, 5) is 18.3. The Bertz CT molecular complexity index is 690. The maximum atomic E-state index is 12.1. The van der Waals surface area contributed by atoms with Gasteiger partial charge in [0.15, 0.2) is 5.82 Å². The predicted octanol–water partition coefficient (Wildman–Crippen LogP) is 2.69. The molecule has 0 spiro atoms. The molecule has 2 aliphatic rings. The van der Waals surface area contributed by atoms with Gasteiger partial charge in [-0.3, -0.25) is 0 Å². The molecule has 4 rings (SSSR count). The Balaban J connectivity index is 1.16. The molecule has 1 N–H and O–H groups in total. The number of hydrogen-bond acceptors (Lipinski definition) is 4. The third-order valence-electron chi connectivity index (χ3n) is 4.68. The number of urea groups is 1. The molecule has 2 amide bonds. The zero-order valence-corrected chi connectivity index (χ0v) is 13.6. The Kier molecular flexibility index (Phi) is 4.19. The molecule has 0 radical (unpaired) electrons. The van der Waals surface area contributed by atoms with Gasteiger partial charge in [-0.05, 0) is 31.2 Å². The minimum atomic E-state index is 0.00115. The normalized spacial score (nSPS) is 17.6. The highest BCUT2D eigenvalue weighted by atomic mass is 16.5. The second kappa shape index (κ2) is 6.63. The molecule has 24 heavy (non-hydrogen) atoms. The number of carbonyl (C=O) groups excluding carboxylic acids is 1. The number of rotatable bonds is 6. The number of hydrogen-bond donors (Lipinski definition) is 1. The first kappa shape index (κ1) is 15.2. The van der Waals surface area contributed by atoms with Crippen molar-refractivity contribution in [3.05, 3.63) is 47.6 Å². The van der Waals surface area contributed by atoms with Crippen LogP contribution in [0.3, 0.4) is 0 Å². The van der Waals surface area contributed by atoms with Crippen LogP contribution in [-0.2, 0) is 6.42 Å². The van der Waals surface area contributed by atoms with E-state index in [4.69, 9.17) is 4.52 Å². The Morgan fingerprint density at radius 3 is 2.75 bits per heavy atom. The van der Waals surface area contributed by atoms with Gasteiger partial charge >= 0.3 is 6.03 Å². The van der Waals surface area contributed by atoms with Crippen molar-refractivity contribution >= 4 is 6.03 Å². The second-order valence-electron chi connectivity index (χ2n) is 6.69. The molecule has 1 aromatic heterocycles. The number of benzene rings is 1. The van der Waals surface area contributed by atoms with Crippen molar-refractivity contribution in [2.45, 2.75) is 37.5 Å². The van der Waals surface area contributed by atoms with E-state index in [1.54, 1.807) is 4.90 Å². The first-order chi connectivity index (χ1) is 11.8. The summed E-state index contributed by atoms with van der Waals surface area (Å²) < 4.78 is 5.33. The maximum absolute atomic E-state index is 12.1. The molecular formula is C18H22N4O2. The van der Waals surface area contributed by atoms with Crippen molar-refractivity contribution in [3.63, 3.8) is 0 Å². The highest BCUT2D eigenvalue weighted by Crippen LogP contribution is 2.39. The number of likely N-dealkylation sites (tertiary alicyclic amines) is 1. The van der Waals surface area contributed by atoms with Crippen LogP contribution in [0.2, 0.25) is 0 Å². The Hall–Kier alpha value is -2.37. The fourth-order valence-electron chi connectivity index (χ4n) is 2.97. The standard InChI is InChI=1S/C18H22N4O2/c23-18(19-10-4-7-13-5-2-1-3-6-13)22-11-15(12-22)17-20-16(21-24-17)14-8-9-14/h1-3,5-6,14-15H,4,7-12H2,(H,19,23). The van der Waals surface area contributed by atoms with Crippen molar-refractivity contribution in [2.24, 2.45) is 0 Å². The van der Waals surface area contributed by atoms with Crippen LogP contribution >= 0.6 is 0 Å². The van der Waals surface area contributed by atoms with E-state index in [1.165, 1.54) is 18.4 Å². The SMILES string of the molecule is O=C(NCCCc1ccccc1)N1CC(c2nc(C3CC3)no2)C1. The number of aryl methyl sites for hydroxylation is 1. The minimum Gasteiger partial charge on any atom is -0.339 e. The lowest BCUT2D eigenvalue weighted by Crippen LogP contribution is -2.52. The lowest BCUT2D eigenvalue weighted by Gasteiger charge is -2.36. The van der Waals surface area contributed by atoms with Crippen LogP contribution in [0.4, 0.5) is 4.79 Å². The lowest BCUT2D eigenvalue weighted by molar-refractivity contribution is 0.137. The predicted molar refractivity (Wildman–Crippen MR) is 88.7 cm³/mol. The van der Waals surface area contributed by atoms with Crippen molar-refractivity contribution in [1.29, 1.82) is 0 Å². The van der Waals surface area contributed by atoms with Gasteiger partial charge in [-0.2, -0.15) is 4.98 Å². The Labute approximate surface area is 141 Å². The molecule has 1 saturated heterocycles. The van der Waals surface area contributed by atoms with Gasteiger partial charge in [0.2, 0.25) is 5.89 Å². The summed E-state index contributed by atoms with van der Waals surface area (Å²) in [5.41, 5.74) is 1.30. The molecule has 2 heterocycles. The summed E-state index contributed by atoms with van der Waals surface area (Å²) in [6.07, 6.45) is 4.26. The van der Waals surface area contributed by atoms with E-state index in [9.17, 15) is 4.79 Å². The molecule has 0 atom stereocenters. The van der Waals surface area contributed by atoms with E-state index in [0.29, 0.717) is 31.4 Å². The summed E-state index contributed by atoms with van der Waals surface area (Å²) in [5, 5.41) is 7.02. The van der Waals surface area contributed by atoms with Gasteiger partial charge in [0.1, 0.15) is 0 Å². The summed E-state index contributed by atoms with van der Waals surface area (Å²) in [5.74, 6) is 2.23. The van der Waals surface area contributed by atoms with Crippen LogP contribution < -0.4 is 5.32 Å². The Morgan fingerprint density at radius 1 is 1.21 bits per heavy atom. The van der Waals surface area contributed by atoms with Gasteiger partial charge in [0.25, 0.3) is 0 Å². The number of carbonyl (C=O) groups is 1. The van der Waals surface area contributed by atoms with Crippen molar-refractivity contribution in [2.75, 3.05) is 19.6 Å². The quantitative estimate of drug-likeness (QED) is 0.829. The molecule has 6 nitrogen and oxygen atoms in total. The average Bonchev–Trinajstić information content (AvgIpc) is 3.30. The van der Waals surface area contributed by atoms with Crippen molar-refractivity contribution < 1.29 is 9.32 Å². The van der Waals surface area contributed by atoms with Crippen LogP contribution in [0.1, 0.15) is 48.4 Å². The molecule has 0 unspecified atom stereocenters. The number of nitrogens with one attached hydrogen (secondary N) is 1. The van der Waals surface area contributed by atoms with Crippen LogP contribution in [0, 0.1) is 0 Å². The average molecular weight is 326 g/mol. The summed E-state index contributed by atoms with van der Waals surface area (Å²) in [6, 6.07) is 10.3. The van der Waals surface area contributed by atoms with E-state index in [0.717, 1.165) is 18.7 Å². The number of amides is 2. The summed E-state index contributed by atoms with van der Waals surface area (Å²) in [6.45, 7) is 2.02. The van der Waals surface area contributed by atoms with Gasteiger partial charge in [0.05, 0.1) is 5.92 Å². The first-order valence-corrected chi connectivity index (χ1v) is 8.70. The van der Waals surface area contributed by atoms with E-state index < -0.39 is 0 Å². The zero-order valence-electron chi connectivity index (χ0n) is 13.6. The molecule has 1 aliphatic carbocycles. The van der Waals surface area contributed by atoms with Crippen LogP contribution in [0.15, 0.2) is 34.9 Å². The molecule has 1 saturated carbocycles. The second-order valence-corrected chi connectivity index (χ2v) is 6.69. The molecule has 2 fully saturated rings. The highest BCUT2D eigenvalue weighted by Gasteiger charge is 2.37. The molecular weight excluding hydrogens is 304 g/mol. The molecule has 1 aromatic carbocycles. The van der Waals surface area contributed by atoms with Gasteiger partial charge in [-0.25, -0.2) is 4.79 Å². The first-order valence-electron chi connectivity index (χ1n) is 8.70. The number of nitrogens with zero attached hydrogens (tertiary/aromatic N) is 3. The maximum Gasteiger partial charge on any atom is 0.317 e. The molecule has 2 aromatic rings. The van der Waals surface area contributed by atoms with E-state index in [2.05, 4.69) is 27.6 Å².